The van der Waals surface area contributed by atoms with E-state index < -0.39 is 0 Å². The molecular weight excluding hydrogens is 370 g/mol. The monoisotopic (exact) mass is 407 g/mol. The maximum Gasteiger partial charge on any atom is 0.235 e. The summed E-state index contributed by atoms with van der Waals surface area (Å²) < 4.78 is 0. The van der Waals surface area contributed by atoms with Crippen molar-refractivity contribution < 1.29 is 4.79 Å². The highest BCUT2D eigenvalue weighted by atomic mass is 16.2. The molecule has 30 heavy (non-hydrogen) atoms. The number of hydrogen-bond donors (Lipinski definition) is 0. The summed E-state index contributed by atoms with van der Waals surface area (Å²) in [6.07, 6.45) is 4.97. The lowest BCUT2D eigenvalue weighted by molar-refractivity contribution is -0.119. The second-order valence-electron chi connectivity index (χ2n) is 10.4. The number of carbonyl (C=O) groups excluding carboxylic acids is 1. The largest absolute Gasteiger partial charge is 0.308 e. The highest BCUT2D eigenvalue weighted by Crippen LogP contribution is 2.55. The fourth-order valence-electron chi connectivity index (χ4n) is 6.31. The Morgan fingerprint density at radius 2 is 1.93 bits per heavy atom. The van der Waals surface area contributed by atoms with E-state index in [0.717, 1.165) is 54.9 Å². The number of anilines is 1. The van der Waals surface area contributed by atoms with Gasteiger partial charge in [0, 0.05) is 31.4 Å². The molecule has 2 aliphatic heterocycles. The average Bonchev–Trinajstić information content (AvgIpc) is 3.03. The second-order valence-corrected chi connectivity index (χ2v) is 10.4. The van der Waals surface area contributed by atoms with Gasteiger partial charge in [-0.15, -0.1) is 0 Å². The summed E-state index contributed by atoms with van der Waals surface area (Å²) in [6, 6.07) is 10.6. The number of nitrogens with zero attached hydrogens (tertiary/aromatic N) is 3. The first-order valence-corrected chi connectivity index (χ1v) is 11.9. The normalized spacial score (nSPS) is 29.9. The van der Waals surface area contributed by atoms with Crippen molar-refractivity contribution in [1.82, 2.24) is 4.90 Å². The first kappa shape index (κ1) is 21.4. The molecular formula is C26H37N3O. The van der Waals surface area contributed by atoms with Crippen molar-refractivity contribution in [3.05, 3.63) is 29.8 Å². The summed E-state index contributed by atoms with van der Waals surface area (Å²) in [4.78, 5) is 17.8. The number of amides is 1. The lowest BCUT2D eigenvalue weighted by atomic mass is 9.51. The van der Waals surface area contributed by atoms with Crippen molar-refractivity contribution in [3.8, 4) is 6.07 Å². The number of hydrogen-bond acceptors (Lipinski definition) is 3. The van der Waals surface area contributed by atoms with Crippen LogP contribution in [0.25, 0.3) is 0 Å². The third kappa shape index (κ3) is 3.56. The molecule has 1 saturated heterocycles. The van der Waals surface area contributed by atoms with E-state index >= 15 is 0 Å². The molecule has 1 amide bonds. The predicted molar refractivity (Wildman–Crippen MR) is 121 cm³/mol. The Labute approximate surface area is 182 Å². The average molecular weight is 408 g/mol. The molecule has 4 atom stereocenters. The number of piperidine rings is 1. The van der Waals surface area contributed by atoms with Crippen LogP contribution in [0.4, 0.5) is 5.69 Å². The van der Waals surface area contributed by atoms with Gasteiger partial charge < -0.3 is 9.80 Å². The fourth-order valence-corrected chi connectivity index (χ4v) is 6.31. The van der Waals surface area contributed by atoms with Crippen molar-refractivity contribution in [2.24, 2.45) is 23.2 Å². The lowest BCUT2D eigenvalue weighted by Crippen LogP contribution is -2.52. The Morgan fingerprint density at radius 1 is 1.23 bits per heavy atom. The van der Waals surface area contributed by atoms with Gasteiger partial charge in [-0.3, -0.25) is 4.79 Å². The highest BCUT2D eigenvalue weighted by Gasteiger charge is 2.48. The molecule has 0 aromatic heterocycles. The lowest BCUT2D eigenvalue weighted by Gasteiger charge is -2.55. The molecule has 1 aromatic carbocycles. The SMILES string of the molecule is CCC(CN1CCC(N2C(=O)C(CC#N)c3ccccc32)CC1)C1CC(C)C1(C)C. The molecule has 0 radical (unpaired) electrons. The fraction of sp³-hybridized carbons (Fsp3) is 0.692. The molecule has 4 heteroatoms. The summed E-state index contributed by atoms with van der Waals surface area (Å²) >= 11 is 0. The van der Waals surface area contributed by atoms with Gasteiger partial charge in [0.1, 0.15) is 0 Å². The van der Waals surface area contributed by atoms with Crippen LogP contribution >= 0.6 is 0 Å². The van der Waals surface area contributed by atoms with Crippen molar-refractivity contribution in [2.75, 3.05) is 24.5 Å². The molecule has 2 heterocycles. The van der Waals surface area contributed by atoms with Crippen molar-refractivity contribution in [3.63, 3.8) is 0 Å². The molecule has 4 nitrogen and oxygen atoms in total. The number of rotatable bonds is 6. The van der Waals surface area contributed by atoms with Crippen molar-refractivity contribution in [1.29, 1.82) is 5.26 Å². The van der Waals surface area contributed by atoms with Gasteiger partial charge in [0.05, 0.1) is 18.4 Å². The summed E-state index contributed by atoms with van der Waals surface area (Å²) in [5, 5.41) is 9.20. The molecule has 162 valence electrons. The van der Waals surface area contributed by atoms with E-state index in [-0.39, 0.29) is 24.3 Å². The Balaban J connectivity index is 1.39. The molecule has 2 fully saturated rings. The maximum atomic E-state index is 13.2. The standard InChI is InChI=1S/C26H37N3O/c1-5-19(23-16-18(2)26(23,3)4)17-28-14-11-20(12-15-28)29-24-9-7-6-8-21(24)22(10-13-27)25(29)30/h6-9,18-20,22-23H,5,10-12,14-17H2,1-4H3. The first-order valence-electron chi connectivity index (χ1n) is 11.9. The predicted octanol–water partition coefficient (Wildman–Crippen LogP) is 5.20. The summed E-state index contributed by atoms with van der Waals surface area (Å²) in [6.45, 7) is 13.0. The Bertz CT molecular complexity index is 818. The van der Waals surface area contributed by atoms with E-state index in [1.54, 1.807) is 0 Å². The van der Waals surface area contributed by atoms with Crippen LogP contribution in [0.1, 0.15) is 71.3 Å². The van der Waals surface area contributed by atoms with Gasteiger partial charge in [-0.05, 0) is 54.1 Å². The Kier molecular flexibility index (Phi) is 5.95. The van der Waals surface area contributed by atoms with Gasteiger partial charge in [0.15, 0.2) is 0 Å². The number of para-hydroxylation sites is 1. The highest BCUT2D eigenvalue weighted by molar-refractivity contribution is 6.05. The zero-order valence-corrected chi connectivity index (χ0v) is 19.1. The Hall–Kier alpha value is -1.86. The molecule has 0 bridgehead atoms. The van der Waals surface area contributed by atoms with Crippen molar-refractivity contribution in [2.45, 2.75) is 71.8 Å². The molecule has 4 rings (SSSR count). The smallest absolute Gasteiger partial charge is 0.235 e. The van der Waals surface area contributed by atoms with E-state index in [2.05, 4.69) is 44.7 Å². The minimum absolute atomic E-state index is 0.132. The summed E-state index contributed by atoms with van der Waals surface area (Å²) in [5.41, 5.74) is 2.55. The van der Waals surface area contributed by atoms with Crippen LogP contribution in [0.3, 0.4) is 0 Å². The molecule has 0 N–H and O–H groups in total. The van der Waals surface area contributed by atoms with Gasteiger partial charge >= 0.3 is 0 Å². The van der Waals surface area contributed by atoms with Gasteiger partial charge in [-0.2, -0.15) is 5.26 Å². The van der Waals surface area contributed by atoms with E-state index in [1.807, 2.05) is 23.1 Å². The van der Waals surface area contributed by atoms with Crippen LogP contribution in [-0.4, -0.2) is 36.5 Å². The van der Waals surface area contributed by atoms with Crippen LogP contribution in [0.15, 0.2) is 24.3 Å². The molecule has 1 saturated carbocycles. The van der Waals surface area contributed by atoms with E-state index in [4.69, 9.17) is 0 Å². The van der Waals surface area contributed by atoms with E-state index in [9.17, 15) is 10.1 Å². The van der Waals surface area contributed by atoms with Gasteiger partial charge in [-0.25, -0.2) is 0 Å². The topological polar surface area (TPSA) is 47.3 Å². The minimum atomic E-state index is -0.281. The zero-order chi connectivity index (χ0) is 21.5. The minimum Gasteiger partial charge on any atom is -0.308 e. The van der Waals surface area contributed by atoms with Crippen molar-refractivity contribution >= 4 is 11.6 Å². The summed E-state index contributed by atoms with van der Waals surface area (Å²) in [7, 11) is 0. The van der Waals surface area contributed by atoms with Gasteiger partial charge in [0.2, 0.25) is 5.91 Å². The first-order chi connectivity index (χ1) is 14.4. The number of likely N-dealkylation sites (tertiary alicyclic amines) is 1. The molecule has 3 aliphatic rings. The number of carbonyl (C=O) groups is 1. The number of nitriles is 1. The molecule has 1 aliphatic carbocycles. The molecule has 1 aromatic rings. The van der Waals surface area contributed by atoms with Crippen LogP contribution in [0.2, 0.25) is 0 Å². The molecule has 0 spiro atoms. The second kappa shape index (κ2) is 8.35. The zero-order valence-electron chi connectivity index (χ0n) is 19.1. The molecule has 4 unspecified atom stereocenters. The van der Waals surface area contributed by atoms with Crippen LogP contribution in [-0.2, 0) is 4.79 Å². The Morgan fingerprint density at radius 3 is 2.53 bits per heavy atom. The van der Waals surface area contributed by atoms with Crippen LogP contribution in [0.5, 0.6) is 0 Å². The summed E-state index contributed by atoms with van der Waals surface area (Å²) in [5.74, 6) is 2.31. The van der Waals surface area contributed by atoms with Gasteiger partial charge in [-0.1, -0.05) is 52.3 Å². The van der Waals surface area contributed by atoms with Gasteiger partial charge in [0.25, 0.3) is 0 Å². The number of fused-ring (bicyclic) bond motifs is 1. The quantitative estimate of drug-likeness (QED) is 0.651. The maximum absolute atomic E-state index is 13.2. The van der Waals surface area contributed by atoms with E-state index in [0.29, 0.717) is 5.41 Å². The van der Waals surface area contributed by atoms with Crippen LogP contribution in [0, 0.1) is 34.5 Å². The van der Waals surface area contributed by atoms with E-state index in [1.165, 1.54) is 19.4 Å². The van der Waals surface area contributed by atoms with Crippen LogP contribution < -0.4 is 4.90 Å². The third-order valence-corrected chi connectivity index (χ3v) is 8.74. The third-order valence-electron chi connectivity index (χ3n) is 8.74. The number of benzene rings is 1.